The van der Waals surface area contributed by atoms with Crippen LogP contribution in [0.4, 0.5) is 0 Å². The van der Waals surface area contributed by atoms with Gasteiger partial charge in [0, 0.05) is 23.8 Å². The number of phenolic OH excluding ortho intramolecular Hbond substituents is 4. The molecule has 0 bridgehead atoms. The molecule has 18 nitrogen and oxygen atoms in total. The number of aliphatic hydroxyl groups excluding tert-OH is 5. The predicted octanol–water partition coefficient (Wildman–Crippen LogP) is 0.586. The lowest BCUT2D eigenvalue weighted by Crippen LogP contribution is -2.62. The van der Waals surface area contributed by atoms with Crippen molar-refractivity contribution in [3.8, 4) is 45.8 Å². The molecule has 294 valence electrons. The van der Waals surface area contributed by atoms with Gasteiger partial charge in [0.05, 0.1) is 19.8 Å². The maximum atomic E-state index is 13.8. The molecular formula is C37H38O18. The summed E-state index contributed by atoms with van der Waals surface area (Å²) in [7, 11) is 1.27. The van der Waals surface area contributed by atoms with Gasteiger partial charge in [-0.1, -0.05) is 12.1 Å². The van der Waals surface area contributed by atoms with Crippen LogP contribution in [-0.4, -0.2) is 127 Å². The molecule has 2 aliphatic rings. The molecule has 0 spiro atoms. The highest BCUT2D eigenvalue weighted by molar-refractivity contribution is 5.88. The molecule has 3 aromatic carbocycles. The van der Waals surface area contributed by atoms with E-state index in [4.69, 9.17) is 32.8 Å². The Hall–Kier alpha value is -5.44. The SMILES string of the molecule is COc1cc(-c2oc3cc(O)cc(O)c3c(=O)c2O[C@@H]2OC(CO[C@@H]3OC(C)[C@H](OC(=O)/C=C/c4ccc(O)cc4)[C@H](O)C3O)[C@H](O)C(O)C2O)ccc1O. The van der Waals surface area contributed by atoms with Crippen molar-refractivity contribution < 1.29 is 83.6 Å². The van der Waals surface area contributed by atoms with Gasteiger partial charge in [-0.05, 0) is 48.9 Å². The lowest BCUT2D eigenvalue weighted by Gasteiger charge is -2.43. The molecule has 4 aromatic rings. The fourth-order valence-corrected chi connectivity index (χ4v) is 6.07. The number of hydrogen-bond acceptors (Lipinski definition) is 18. The zero-order valence-electron chi connectivity index (χ0n) is 29.0. The number of esters is 1. The summed E-state index contributed by atoms with van der Waals surface area (Å²) in [5, 5.41) is 93.7. The first-order valence-corrected chi connectivity index (χ1v) is 16.7. The number of hydrogen-bond donors (Lipinski definition) is 9. The van der Waals surface area contributed by atoms with Crippen molar-refractivity contribution in [3.63, 3.8) is 0 Å². The van der Waals surface area contributed by atoms with Gasteiger partial charge in [-0.2, -0.15) is 0 Å². The van der Waals surface area contributed by atoms with Crippen molar-refractivity contribution in [2.75, 3.05) is 13.7 Å². The Morgan fingerprint density at radius 2 is 1.51 bits per heavy atom. The van der Waals surface area contributed by atoms with Crippen LogP contribution in [-0.2, 0) is 23.7 Å². The molecule has 0 amide bonds. The molecule has 55 heavy (non-hydrogen) atoms. The second kappa shape index (κ2) is 16.1. The Kier molecular flexibility index (Phi) is 11.5. The van der Waals surface area contributed by atoms with Gasteiger partial charge in [0.25, 0.3) is 0 Å². The number of methoxy groups -OCH3 is 1. The minimum atomic E-state index is -1.99. The van der Waals surface area contributed by atoms with E-state index in [9.17, 15) is 55.5 Å². The minimum absolute atomic E-state index is 0.0341. The van der Waals surface area contributed by atoms with Gasteiger partial charge in [0.2, 0.25) is 17.5 Å². The van der Waals surface area contributed by atoms with Gasteiger partial charge in [-0.15, -0.1) is 0 Å². The molecule has 10 atom stereocenters. The largest absolute Gasteiger partial charge is 0.508 e. The lowest BCUT2D eigenvalue weighted by molar-refractivity contribution is -0.319. The van der Waals surface area contributed by atoms with Crippen LogP contribution in [0.15, 0.2) is 69.9 Å². The Labute approximate surface area is 310 Å². The average molecular weight is 771 g/mol. The molecule has 2 aliphatic heterocycles. The van der Waals surface area contributed by atoms with Crippen LogP contribution in [0.1, 0.15) is 12.5 Å². The maximum absolute atomic E-state index is 13.8. The second-order valence-electron chi connectivity index (χ2n) is 12.8. The van der Waals surface area contributed by atoms with Crippen molar-refractivity contribution in [3.05, 3.63) is 76.5 Å². The molecule has 0 saturated carbocycles. The van der Waals surface area contributed by atoms with E-state index >= 15 is 0 Å². The van der Waals surface area contributed by atoms with Crippen LogP contribution in [0.3, 0.4) is 0 Å². The Morgan fingerprint density at radius 3 is 2.22 bits per heavy atom. The van der Waals surface area contributed by atoms with E-state index in [-0.39, 0.29) is 34.2 Å². The Bertz CT molecular complexity index is 2100. The first-order chi connectivity index (χ1) is 26.2. The van der Waals surface area contributed by atoms with Crippen molar-refractivity contribution in [1.29, 1.82) is 0 Å². The van der Waals surface area contributed by atoms with Crippen molar-refractivity contribution in [1.82, 2.24) is 0 Å². The summed E-state index contributed by atoms with van der Waals surface area (Å²) in [4.78, 5) is 26.3. The highest BCUT2D eigenvalue weighted by Gasteiger charge is 2.49. The maximum Gasteiger partial charge on any atom is 0.331 e. The van der Waals surface area contributed by atoms with E-state index < -0.39 is 102 Å². The molecule has 2 saturated heterocycles. The highest BCUT2D eigenvalue weighted by Crippen LogP contribution is 2.40. The topological polar surface area (TPSA) is 285 Å². The van der Waals surface area contributed by atoms with E-state index in [0.29, 0.717) is 5.56 Å². The van der Waals surface area contributed by atoms with Gasteiger partial charge in [0.15, 0.2) is 29.7 Å². The van der Waals surface area contributed by atoms with E-state index in [1.165, 1.54) is 50.4 Å². The number of ether oxygens (including phenoxy) is 6. The monoisotopic (exact) mass is 770 g/mol. The first-order valence-electron chi connectivity index (χ1n) is 16.7. The van der Waals surface area contributed by atoms with Crippen LogP contribution in [0.25, 0.3) is 28.4 Å². The zero-order chi connectivity index (χ0) is 39.7. The summed E-state index contributed by atoms with van der Waals surface area (Å²) in [5.41, 5.74) is -0.606. The van der Waals surface area contributed by atoms with E-state index in [1.54, 1.807) is 12.1 Å². The van der Waals surface area contributed by atoms with Crippen LogP contribution in [0, 0.1) is 0 Å². The summed E-state index contributed by atoms with van der Waals surface area (Å²) < 4.78 is 39.2. The van der Waals surface area contributed by atoms with Crippen molar-refractivity contribution in [2.24, 2.45) is 0 Å². The number of carbonyl (C=O) groups is 1. The number of carbonyl (C=O) groups excluding carboxylic acids is 1. The molecule has 1 aromatic heterocycles. The van der Waals surface area contributed by atoms with Gasteiger partial charge in [-0.3, -0.25) is 4.79 Å². The first kappa shape index (κ1) is 39.3. The number of aromatic hydroxyl groups is 4. The Morgan fingerprint density at radius 1 is 0.800 bits per heavy atom. The lowest BCUT2D eigenvalue weighted by atomic mass is 9.98. The van der Waals surface area contributed by atoms with Crippen LogP contribution >= 0.6 is 0 Å². The standard InChI is InChI=1S/C37H38O18/c1-15-33(54-25(42)10-5-16-3-7-18(38)8-4-16)30(46)32(48)36(51-15)50-14-24-27(43)29(45)31(47)37(53-24)55-35-28(44)26-21(41)12-19(39)13-23(26)52-34(35)17-6-9-20(40)22(11-17)49-2/h3-13,15,24,27,29-33,36-41,43,45-48H,14H2,1-2H3/b10-5+/t15?,24?,27-,29?,30+,31?,32?,33-,36+,37-/m0/s1. The molecule has 0 radical (unpaired) electrons. The normalized spacial score (nSPS) is 28.3. The smallest absolute Gasteiger partial charge is 0.331 e. The van der Waals surface area contributed by atoms with Gasteiger partial charge >= 0.3 is 5.97 Å². The van der Waals surface area contributed by atoms with Crippen molar-refractivity contribution >= 4 is 23.0 Å². The van der Waals surface area contributed by atoms with Crippen LogP contribution < -0.4 is 14.9 Å². The fraction of sp³-hybridized carbons (Fsp3) is 0.351. The molecule has 9 N–H and O–H groups in total. The van der Waals surface area contributed by atoms with Gasteiger partial charge in [0.1, 0.15) is 64.8 Å². The second-order valence-corrected chi connectivity index (χ2v) is 12.8. The summed E-state index contributed by atoms with van der Waals surface area (Å²) in [5.74, 6) is -3.23. The van der Waals surface area contributed by atoms with Crippen molar-refractivity contribution in [2.45, 2.75) is 68.3 Å². The summed E-state index contributed by atoms with van der Waals surface area (Å²) >= 11 is 0. The summed E-state index contributed by atoms with van der Waals surface area (Å²) in [6.07, 6.45) is -14.2. The average Bonchev–Trinajstić information content (AvgIpc) is 3.15. The molecule has 18 heteroatoms. The number of fused-ring (bicyclic) bond motifs is 1. The summed E-state index contributed by atoms with van der Waals surface area (Å²) in [6.45, 7) is 0.790. The third-order valence-electron chi connectivity index (χ3n) is 9.02. The highest BCUT2D eigenvalue weighted by atomic mass is 16.7. The van der Waals surface area contributed by atoms with Gasteiger partial charge in [-0.25, -0.2) is 4.79 Å². The minimum Gasteiger partial charge on any atom is -0.508 e. The third kappa shape index (κ3) is 8.16. The molecular weight excluding hydrogens is 732 g/mol. The zero-order valence-corrected chi connectivity index (χ0v) is 29.0. The van der Waals surface area contributed by atoms with E-state index in [1.807, 2.05) is 0 Å². The van der Waals surface area contributed by atoms with Crippen LogP contribution in [0.2, 0.25) is 0 Å². The fourth-order valence-electron chi connectivity index (χ4n) is 6.07. The number of aliphatic hydroxyl groups is 5. The number of benzene rings is 3. The summed E-state index contributed by atoms with van der Waals surface area (Å²) in [6, 6.07) is 11.7. The molecule has 5 unspecified atom stereocenters. The molecule has 6 rings (SSSR count). The number of rotatable bonds is 10. The van der Waals surface area contributed by atoms with E-state index in [2.05, 4.69) is 0 Å². The van der Waals surface area contributed by atoms with Gasteiger partial charge < -0.3 is 78.8 Å². The number of phenols is 4. The Balaban J connectivity index is 1.18. The molecule has 0 aliphatic carbocycles. The predicted molar refractivity (Wildman–Crippen MR) is 186 cm³/mol. The quantitative estimate of drug-likeness (QED) is 0.0788. The third-order valence-corrected chi connectivity index (χ3v) is 9.02. The molecule has 3 heterocycles. The molecule has 2 fully saturated rings. The van der Waals surface area contributed by atoms with E-state index in [0.717, 1.165) is 18.2 Å². The van der Waals surface area contributed by atoms with Crippen LogP contribution in [0.5, 0.6) is 34.5 Å².